The molecule has 0 bridgehead atoms. The summed E-state index contributed by atoms with van der Waals surface area (Å²) in [6, 6.07) is 0.247. The molecule has 0 heterocycles. The Balaban J connectivity index is 3.96. The zero-order valence-electron chi connectivity index (χ0n) is 12.0. The average Bonchev–Trinajstić information content (AvgIpc) is 2.16. The Kier molecular flexibility index (Phi) is 8.52. The minimum absolute atomic E-state index is 0.247. The number of thiocarbonyl (C=S) groups is 1. The van der Waals surface area contributed by atoms with Gasteiger partial charge >= 0.3 is 0 Å². The Morgan fingerprint density at radius 2 is 1.65 bits per heavy atom. The molecule has 0 aliphatic carbocycles. The molecule has 1 atom stereocenters. The van der Waals surface area contributed by atoms with E-state index in [-0.39, 0.29) is 6.04 Å². The summed E-state index contributed by atoms with van der Waals surface area (Å²) in [6.45, 7) is 12.7. The molecule has 0 fully saturated rings. The molecule has 0 aromatic heterocycles. The van der Waals surface area contributed by atoms with E-state index in [0.717, 1.165) is 11.7 Å². The lowest BCUT2D eigenvalue weighted by atomic mass is 9.85. The number of methoxy groups -OCH3 is 1. The smallest absolute Gasteiger partial charge is 0.166 e. The van der Waals surface area contributed by atoms with E-state index in [0.29, 0.717) is 24.4 Å². The maximum atomic E-state index is 5.26. The van der Waals surface area contributed by atoms with Crippen molar-refractivity contribution in [1.29, 1.82) is 0 Å². The summed E-state index contributed by atoms with van der Waals surface area (Å²) in [5.41, 5.74) is 0. The van der Waals surface area contributed by atoms with Gasteiger partial charge in [-0.3, -0.25) is 0 Å². The second kappa shape index (κ2) is 8.70. The molecule has 3 nitrogen and oxygen atoms in total. The van der Waals surface area contributed by atoms with E-state index in [1.807, 2.05) is 0 Å². The molecule has 0 saturated heterocycles. The van der Waals surface area contributed by atoms with E-state index in [9.17, 15) is 0 Å². The molecule has 4 heteroatoms. The van der Waals surface area contributed by atoms with Gasteiger partial charge in [-0.15, -0.1) is 0 Å². The van der Waals surface area contributed by atoms with Gasteiger partial charge in [0.1, 0.15) is 0 Å². The minimum Gasteiger partial charge on any atom is -0.383 e. The molecule has 0 aliphatic heterocycles. The van der Waals surface area contributed by atoms with Crippen LogP contribution < -0.4 is 10.6 Å². The molecule has 0 spiro atoms. The van der Waals surface area contributed by atoms with Crippen molar-refractivity contribution in [3.8, 4) is 0 Å². The van der Waals surface area contributed by atoms with Crippen LogP contribution in [0.4, 0.5) is 0 Å². The summed E-state index contributed by atoms with van der Waals surface area (Å²) in [7, 11) is 1.70. The minimum atomic E-state index is 0.247. The van der Waals surface area contributed by atoms with Crippen LogP contribution in [0.1, 0.15) is 34.6 Å². The molecule has 0 aliphatic rings. The Hall–Kier alpha value is -0.350. The van der Waals surface area contributed by atoms with Crippen LogP contribution in [0.25, 0.3) is 0 Å². The Bertz CT molecular complexity index is 211. The molecular formula is C13H28N2OS. The van der Waals surface area contributed by atoms with E-state index < -0.39 is 0 Å². The van der Waals surface area contributed by atoms with E-state index in [2.05, 4.69) is 45.3 Å². The maximum Gasteiger partial charge on any atom is 0.166 e. The number of hydrogen-bond donors (Lipinski definition) is 2. The van der Waals surface area contributed by atoms with Crippen molar-refractivity contribution in [3.05, 3.63) is 0 Å². The molecular weight excluding hydrogens is 232 g/mol. The van der Waals surface area contributed by atoms with Gasteiger partial charge < -0.3 is 15.4 Å². The monoisotopic (exact) mass is 260 g/mol. The molecule has 0 aromatic rings. The van der Waals surface area contributed by atoms with Crippen molar-refractivity contribution in [3.63, 3.8) is 0 Å². The molecule has 0 rings (SSSR count). The number of hydrogen-bond acceptors (Lipinski definition) is 2. The van der Waals surface area contributed by atoms with Gasteiger partial charge in [-0.1, -0.05) is 27.7 Å². The third kappa shape index (κ3) is 7.55. The van der Waals surface area contributed by atoms with Crippen molar-refractivity contribution >= 4 is 17.3 Å². The Labute approximate surface area is 112 Å². The van der Waals surface area contributed by atoms with Gasteiger partial charge in [0.05, 0.1) is 6.61 Å². The topological polar surface area (TPSA) is 33.3 Å². The van der Waals surface area contributed by atoms with E-state index in [1.165, 1.54) is 0 Å². The number of ether oxygens (including phenoxy) is 1. The molecule has 0 saturated carbocycles. The maximum absolute atomic E-state index is 5.26. The summed E-state index contributed by atoms with van der Waals surface area (Å²) in [6.07, 6.45) is 0. The van der Waals surface area contributed by atoms with Gasteiger partial charge in [-0.05, 0) is 36.9 Å². The zero-order valence-corrected chi connectivity index (χ0v) is 12.9. The fourth-order valence-corrected chi connectivity index (χ4v) is 2.30. The summed E-state index contributed by atoms with van der Waals surface area (Å²) < 4.78 is 5.06. The Morgan fingerprint density at radius 1 is 1.12 bits per heavy atom. The van der Waals surface area contributed by atoms with E-state index >= 15 is 0 Å². The second-order valence-electron chi connectivity index (χ2n) is 5.36. The standard InChI is InChI=1S/C13H28N2OS/c1-9(2)12(10(3)4)7-14-13(17)15-11(5)8-16-6/h9-12H,7-8H2,1-6H3,(H2,14,15,17). The van der Waals surface area contributed by atoms with Crippen LogP contribution >= 0.6 is 12.2 Å². The molecule has 0 aromatic carbocycles. The molecule has 1 unspecified atom stereocenters. The van der Waals surface area contributed by atoms with Crippen molar-refractivity contribution in [2.45, 2.75) is 40.7 Å². The van der Waals surface area contributed by atoms with Crippen LogP contribution in [-0.4, -0.2) is 31.4 Å². The first-order valence-corrected chi connectivity index (χ1v) is 6.82. The first-order valence-electron chi connectivity index (χ1n) is 6.41. The van der Waals surface area contributed by atoms with Crippen LogP contribution in [0.2, 0.25) is 0 Å². The lowest BCUT2D eigenvalue weighted by Gasteiger charge is -2.26. The lowest BCUT2D eigenvalue weighted by Crippen LogP contribution is -2.45. The highest BCUT2D eigenvalue weighted by atomic mass is 32.1. The van der Waals surface area contributed by atoms with Crippen molar-refractivity contribution < 1.29 is 4.74 Å². The number of nitrogens with one attached hydrogen (secondary N) is 2. The van der Waals surface area contributed by atoms with Crippen molar-refractivity contribution in [2.24, 2.45) is 17.8 Å². The Morgan fingerprint density at radius 3 is 2.06 bits per heavy atom. The first kappa shape index (κ1) is 16.6. The van der Waals surface area contributed by atoms with Crippen LogP contribution in [0.3, 0.4) is 0 Å². The van der Waals surface area contributed by atoms with Crippen molar-refractivity contribution in [2.75, 3.05) is 20.3 Å². The third-order valence-electron chi connectivity index (χ3n) is 3.01. The van der Waals surface area contributed by atoms with Crippen molar-refractivity contribution in [1.82, 2.24) is 10.6 Å². The lowest BCUT2D eigenvalue weighted by molar-refractivity contribution is 0.179. The first-order chi connectivity index (χ1) is 7.88. The van der Waals surface area contributed by atoms with Gasteiger partial charge in [0.2, 0.25) is 0 Å². The van der Waals surface area contributed by atoms with Gasteiger partial charge in [0.15, 0.2) is 5.11 Å². The van der Waals surface area contributed by atoms with Crippen LogP contribution in [0.5, 0.6) is 0 Å². The molecule has 102 valence electrons. The summed E-state index contributed by atoms with van der Waals surface area (Å²) in [5, 5.41) is 7.23. The highest BCUT2D eigenvalue weighted by molar-refractivity contribution is 7.80. The molecule has 17 heavy (non-hydrogen) atoms. The fourth-order valence-electron chi connectivity index (χ4n) is 2.02. The highest BCUT2D eigenvalue weighted by Gasteiger charge is 2.17. The molecule has 0 radical (unpaired) electrons. The average molecular weight is 260 g/mol. The van der Waals surface area contributed by atoms with Crippen LogP contribution in [0, 0.1) is 17.8 Å². The van der Waals surface area contributed by atoms with Gasteiger partial charge in [-0.2, -0.15) is 0 Å². The SMILES string of the molecule is COCC(C)NC(=S)NCC(C(C)C)C(C)C. The predicted octanol–water partition coefficient (Wildman–Crippen LogP) is 2.41. The highest BCUT2D eigenvalue weighted by Crippen LogP contribution is 2.19. The molecule has 2 N–H and O–H groups in total. The van der Waals surface area contributed by atoms with Gasteiger partial charge in [-0.25, -0.2) is 0 Å². The summed E-state index contributed by atoms with van der Waals surface area (Å²) in [5.74, 6) is 1.98. The second-order valence-corrected chi connectivity index (χ2v) is 5.77. The van der Waals surface area contributed by atoms with Gasteiger partial charge in [0.25, 0.3) is 0 Å². The largest absolute Gasteiger partial charge is 0.383 e. The normalized spacial score (nSPS) is 13.2. The van der Waals surface area contributed by atoms with Crippen LogP contribution in [-0.2, 0) is 4.74 Å². The number of rotatable bonds is 7. The van der Waals surface area contributed by atoms with E-state index in [1.54, 1.807) is 7.11 Å². The predicted molar refractivity (Wildman–Crippen MR) is 78.2 cm³/mol. The quantitative estimate of drug-likeness (QED) is 0.689. The van der Waals surface area contributed by atoms with Crippen LogP contribution in [0.15, 0.2) is 0 Å². The fraction of sp³-hybridized carbons (Fsp3) is 0.923. The third-order valence-corrected chi connectivity index (χ3v) is 3.27. The van der Waals surface area contributed by atoms with E-state index in [4.69, 9.17) is 17.0 Å². The summed E-state index contributed by atoms with van der Waals surface area (Å²) in [4.78, 5) is 0. The molecule has 0 amide bonds. The zero-order chi connectivity index (χ0) is 13.4. The van der Waals surface area contributed by atoms with Gasteiger partial charge in [0, 0.05) is 19.7 Å². The summed E-state index contributed by atoms with van der Waals surface area (Å²) >= 11 is 5.26.